The Balaban J connectivity index is 2.12. The normalized spacial score (nSPS) is 11.3. The van der Waals surface area contributed by atoms with E-state index in [0.29, 0.717) is 17.0 Å². The van der Waals surface area contributed by atoms with Gasteiger partial charge in [0.2, 0.25) is 0 Å². The van der Waals surface area contributed by atoms with Gasteiger partial charge in [0.25, 0.3) is 0 Å². The minimum absolute atomic E-state index is 0.267. The molecule has 0 bridgehead atoms. The van der Waals surface area contributed by atoms with E-state index in [1.807, 2.05) is 12.1 Å². The number of rotatable bonds is 6. The van der Waals surface area contributed by atoms with Crippen molar-refractivity contribution >= 4 is 16.1 Å². The SMILES string of the molecule is COC(=O)c1cccc(CS(=O)(=O)Oc2ccc(C(C)C)cc2)c1. The predicted octanol–water partition coefficient (Wildman–Crippen LogP) is 3.51. The summed E-state index contributed by atoms with van der Waals surface area (Å²) < 4.78 is 34.2. The average molecular weight is 348 g/mol. The maximum absolute atomic E-state index is 12.2. The smallest absolute Gasteiger partial charge is 0.337 e. The van der Waals surface area contributed by atoms with Crippen molar-refractivity contribution in [2.75, 3.05) is 7.11 Å². The molecule has 0 fully saturated rings. The fourth-order valence-electron chi connectivity index (χ4n) is 2.19. The second-order valence-corrected chi connectivity index (χ2v) is 7.27. The largest absolute Gasteiger partial charge is 0.465 e. The van der Waals surface area contributed by atoms with Crippen LogP contribution in [0.3, 0.4) is 0 Å². The molecule has 6 heteroatoms. The zero-order chi connectivity index (χ0) is 17.7. The van der Waals surface area contributed by atoms with Gasteiger partial charge in [-0.3, -0.25) is 0 Å². The van der Waals surface area contributed by atoms with Crippen molar-refractivity contribution in [1.29, 1.82) is 0 Å². The molecule has 0 aromatic heterocycles. The van der Waals surface area contributed by atoms with E-state index in [4.69, 9.17) is 4.18 Å². The average Bonchev–Trinajstić information content (AvgIpc) is 2.54. The van der Waals surface area contributed by atoms with E-state index in [1.54, 1.807) is 30.3 Å². The van der Waals surface area contributed by atoms with Crippen molar-refractivity contribution in [3.63, 3.8) is 0 Å². The molecule has 128 valence electrons. The van der Waals surface area contributed by atoms with Gasteiger partial charge in [0, 0.05) is 0 Å². The fraction of sp³-hybridized carbons (Fsp3) is 0.278. The van der Waals surface area contributed by atoms with Crippen molar-refractivity contribution in [3.05, 3.63) is 65.2 Å². The monoisotopic (exact) mass is 348 g/mol. The van der Waals surface area contributed by atoms with Gasteiger partial charge in [-0.25, -0.2) is 4.79 Å². The number of carbonyl (C=O) groups is 1. The van der Waals surface area contributed by atoms with E-state index in [-0.39, 0.29) is 11.5 Å². The van der Waals surface area contributed by atoms with Crippen LogP contribution in [0, 0.1) is 0 Å². The van der Waals surface area contributed by atoms with E-state index in [2.05, 4.69) is 18.6 Å². The second kappa shape index (κ2) is 7.49. The zero-order valence-corrected chi connectivity index (χ0v) is 14.7. The highest BCUT2D eigenvalue weighted by Gasteiger charge is 2.16. The van der Waals surface area contributed by atoms with Gasteiger partial charge in [-0.1, -0.05) is 38.1 Å². The first kappa shape index (κ1) is 18.0. The number of carbonyl (C=O) groups excluding carboxylic acids is 1. The highest BCUT2D eigenvalue weighted by molar-refractivity contribution is 7.86. The summed E-state index contributed by atoms with van der Waals surface area (Å²) in [6.45, 7) is 4.11. The lowest BCUT2D eigenvalue weighted by Gasteiger charge is -2.10. The zero-order valence-electron chi connectivity index (χ0n) is 13.9. The topological polar surface area (TPSA) is 69.7 Å². The van der Waals surface area contributed by atoms with Crippen LogP contribution in [0.4, 0.5) is 0 Å². The molecule has 5 nitrogen and oxygen atoms in total. The summed E-state index contributed by atoms with van der Waals surface area (Å²) in [5.41, 5.74) is 1.86. The van der Waals surface area contributed by atoms with Crippen molar-refractivity contribution < 1.29 is 22.1 Å². The van der Waals surface area contributed by atoms with E-state index in [9.17, 15) is 13.2 Å². The van der Waals surface area contributed by atoms with Gasteiger partial charge in [-0.15, -0.1) is 0 Å². The predicted molar refractivity (Wildman–Crippen MR) is 91.6 cm³/mol. The number of esters is 1. The Morgan fingerprint density at radius 2 is 1.75 bits per heavy atom. The van der Waals surface area contributed by atoms with Crippen LogP contribution in [0.25, 0.3) is 0 Å². The van der Waals surface area contributed by atoms with Gasteiger partial charge in [0.1, 0.15) is 11.5 Å². The molecule has 0 amide bonds. The lowest BCUT2D eigenvalue weighted by Crippen LogP contribution is -2.12. The maximum atomic E-state index is 12.2. The highest BCUT2D eigenvalue weighted by atomic mass is 32.2. The molecular formula is C18H20O5S. The molecule has 2 rings (SSSR count). The minimum Gasteiger partial charge on any atom is -0.465 e. The first-order valence-corrected chi connectivity index (χ1v) is 9.08. The van der Waals surface area contributed by atoms with Crippen LogP contribution in [0.2, 0.25) is 0 Å². The number of ether oxygens (including phenoxy) is 1. The van der Waals surface area contributed by atoms with E-state index in [1.165, 1.54) is 13.2 Å². The molecule has 0 radical (unpaired) electrons. The van der Waals surface area contributed by atoms with Crippen molar-refractivity contribution in [2.45, 2.75) is 25.5 Å². The van der Waals surface area contributed by atoms with Gasteiger partial charge < -0.3 is 8.92 Å². The Kier molecular flexibility index (Phi) is 5.62. The Labute approximate surface area is 142 Å². The van der Waals surface area contributed by atoms with Gasteiger partial charge >= 0.3 is 16.1 Å². The molecule has 0 spiro atoms. The number of hydrogen-bond acceptors (Lipinski definition) is 5. The molecule has 0 saturated carbocycles. The minimum atomic E-state index is -3.82. The molecule has 0 aliphatic heterocycles. The first-order valence-electron chi connectivity index (χ1n) is 7.50. The van der Waals surface area contributed by atoms with Crippen LogP contribution in [0.15, 0.2) is 48.5 Å². The molecule has 0 unspecified atom stereocenters. The number of benzene rings is 2. The van der Waals surface area contributed by atoms with E-state index < -0.39 is 16.1 Å². The highest BCUT2D eigenvalue weighted by Crippen LogP contribution is 2.21. The van der Waals surface area contributed by atoms with Crippen LogP contribution in [-0.2, 0) is 20.6 Å². The van der Waals surface area contributed by atoms with Crippen LogP contribution >= 0.6 is 0 Å². The summed E-state index contributed by atoms with van der Waals surface area (Å²) >= 11 is 0. The molecule has 24 heavy (non-hydrogen) atoms. The van der Waals surface area contributed by atoms with Crippen LogP contribution < -0.4 is 4.18 Å². The third kappa shape index (κ3) is 4.83. The Bertz CT molecular complexity index is 808. The summed E-state index contributed by atoms with van der Waals surface area (Å²) in [6.07, 6.45) is 0. The summed E-state index contributed by atoms with van der Waals surface area (Å²) in [4.78, 5) is 11.5. The maximum Gasteiger partial charge on any atom is 0.337 e. The van der Waals surface area contributed by atoms with Gasteiger partial charge in [0.05, 0.1) is 12.7 Å². The number of hydrogen-bond donors (Lipinski definition) is 0. The van der Waals surface area contributed by atoms with Crippen LogP contribution in [0.1, 0.15) is 41.3 Å². The van der Waals surface area contributed by atoms with Crippen molar-refractivity contribution in [1.82, 2.24) is 0 Å². The Hall–Kier alpha value is -2.34. The third-order valence-electron chi connectivity index (χ3n) is 3.46. The molecule has 0 aliphatic carbocycles. The number of methoxy groups -OCH3 is 1. The second-order valence-electron chi connectivity index (χ2n) is 5.70. The van der Waals surface area contributed by atoms with E-state index in [0.717, 1.165) is 5.56 Å². The van der Waals surface area contributed by atoms with Crippen LogP contribution in [0.5, 0.6) is 5.75 Å². The summed E-state index contributed by atoms with van der Waals surface area (Å²) in [6, 6.07) is 13.2. The van der Waals surface area contributed by atoms with Gasteiger partial charge in [-0.05, 0) is 41.3 Å². The summed E-state index contributed by atoms with van der Waals surface area (Å²) in [5.74, 6) is -0.219. The molecule has 0 aliphatic rings. The first-order chi connectivity index (χ1) is 11.3. The standard InChI is InChI=1S/C18H20O5S/c1-13(2)15-7-9-17(10-8-15)23-24(20,21)12-14-5-4-6-16(11-14)18(19)22-3/h4-11,13H,12H2,1-3H3. The lowest BCUT2D eigenvalue weighted by molar-refractivity contribution is 0.0600. The molecule has 0 saturated heterocycles. The fourth-order valence-corrected chi connectivity index (χ4v) is 3.25. The summed E-state index contributed by atoms with van der Waals surface area (Å²) in [7, 11) is -2.55. The lowest BCUT2D eigenvalue weighted by atomic mass is 10.0. The molecule has 2 aromatic carbocycles. The third-order valence-corrected chi connectivity index (χ3v) is 4.59. The molecule has 0 atom stereocenters. The summed E-state index contributed by atoms with van der Waals surface area (Å²) in [5, 5.41) is 0. The van der Waals surface area contributed by atoms with E-state index >= 15 is 0 Å². The Morgan fingerprint density at radius 1 is 1.08 bits per heavy atom. The molecule has 0 heterocycles. The van der Waals surface area contributed by atoms with Gasteiger partial charge in [-0.2, -0.15) is 8.42 Å². The van der Waals surface area contributed by atoms with Crippen molar-refractivity contribution in [2.24, 2.45) is 0 Å². The molecule has 0 N–H and O–H groups in total. The quantitative estimate of drug-likeness (QED) is 0.590. The molecule has 2 aromatic rings. The Morgan fingerprint density at radius 3 is 2.33 bits per heavy atom. The van der Waals surface area contributed by atoms with Gasteiger partial charge in [0.15, 0.2) is 0 Å². The van der Waals surface area contributed by atoms with Crippen LogP contribution in [-0.4, -0.2) is 21.5 Å². The molecular weight excluding hydrogens is 328 g/mol. The van der Waals surface area contributed by atoms with Crippen molar-refractivity contribution in [3.8, 4) is 5.75 Å².